The number of hydrogen-bond acceptors (Lipinski definition) is 3. The number of rotatable bonds is 5. The van der Waals surface area contributed by atoms with E-state index < -0.39 is 5.56 Å². The van der Waals surface area contributed by atoms with Crippen LogP contribution in [0.1, 0.15) is 29.9 Å². The van der Waals surface area contributed by atoms with Gasteiger partial charge in [0.15, 0.2) is 6.29 Å². The van der Waals surface area contributed by atoms with Gasteiger partial charge in [-0.1, -0.05) is 29.8 Å². The maximum Gasteiger partial charge on any atom is 0.330 e. The summed E-state index contributed by atoms with van der Waals surface area (Å²) in [6, 6.07) is 0. The minimum Gasteiger partial charge on any atom is -0.298 e. The summed E-state index contributed by atoms with van der Waals surface area (Å²) < 4.78 is 2.51. The number of carbonyl (C=O) groups is 1. The van der Waals surface area contributed by atoms with Crippen molar-refractivity contribution in [3.63, 3.8) is 0 Å². The van der Waals surface area contributed by atoms with Crippen LogP contribution in [0.15, 0.2) is 9.59 Å². The molecule has 0 atom stereocenters. The molecule has 18 heavy (non-hydrogen) atoms. The Hall–Kier alpha value is -1.17. The van der Waals surface area contributed by atoms with Crippen LogP contribution in [-0.4, -0.2) is 20.8 Å². The van der Waals surface area contributed by atoms with Crippen molar-refractivity contribution in [3.8, 4) is 0 Å². The minimum absolute atomic E-state index is 0.0807. The molecule has 0 aliphatic rings. The van der Waals surface area contributed by atoms with Crippen molar-refractivity contribution in [1.29, 1.82) is 0 Å². The van der Waals surface area contributed by atoms with Crippen LogP contribution in [0.2, 0.25) is 0 Å². The fraction of sp³-hybridized carbons (Fsp3) is 0.583. The van der Waals surface area contributed by atoms with Crippen LogP contribution in [0.25, 0.3) is 0 Å². The van der Waals surface area contributed by atoms with E-state index in [0.29, 0.717) is 30.3 Å². The Labute approximate surface area is 114 Å². The third kappa shape index (κ3) is 2.80. The molecule has 0 N–H and O–H groups in total. The SMILES string of the molecule is CC(C)Cn1c(CCBr)c(C=O)c(=O)n(C)c1=O. The van der Waals surface area contributed by atoms with Crippen LogP contribution in [0.4, 0.5) is 0 Å². The second-order valence-corrected chi connectivity index (χ2v) is 5.36. The van der Waals surface area contributed by atoms with Crippen LogP contribution in [-0.2, 0) is 20.0 Å². The van der Waals surface area contributed by atoms with Crippen LogP contribution in [0, 0.1) is 5.92 Å². The molecule has 0 fully saturated rings. The average molecular weight is 317 g/mol. The molecule has 0 aliphatic carbocycles. The molecule has 1 aromatic rings. The third-order valence-electron chi connectivity index (χ3n) is 2.69. The third-order valence-corrected chi connectivity index (χ3v) is 3.08. The van der Waals surface area contributed by atoms with Gasteiger partial charge in [-0.3, -0.25) is 18.7 Å². The molecule has 0 saturated heterocycles. The Bertz CT molecular complexity index is 558. The summed E-state index contributed by atoms with van der Waals surface area (Å²) in [5.41, 5.74) is -0.290. The van der Waals surface area contributed by atoms with Crippen molar-refractivity contribution in [2.24, 2.45) is 13.0 Å². The fourth-order valence-electron chi connectivity index (χ4n) is 1.86. The molecular weight excluding hydrogens is 300 g/mol. The fourth-order valence-corrected chi connectivity index (χ4v) is 2.24. The first-order valence-electron chi connectivity index (χ1n) is 5.77. The Morgan fingerprint density at radius 3 is 2.39 bits per heavy atom. The van der Waals surface area contributed by atoms with Gasteiger partial charge in [0, 0.05) is 24.6 Å². The van der Waals surface area contributed by atoms with E-state index in [4.69, 9.17) is 0 Å². The zero-order valence-electron chi connectivity index (χ0n) is 10.8. The van der Waals surface area contributed by atoms with E-state index >= 15 is 0 Å². The zero-order chi connectivity index (χ0) is 13.9. The van der Waals surface area contributed by atoms with Gasteiger partial charge in [-0.2, -0.15) is 0 Å². The normalized spacial score (nSPS) is 10.9. The molecular formula is C12H17BrN2O3. The molecule has 100 valence electrons. The van der Waals surface area contributed by atoms with Gasteiger partial charge < -0.3 is 0 Å². The summed E-state index contributed by atoms with van der Waals surface area (Å²) in [5, 5.41) is 0.596. The lowest BCUT2D eigenvalue weighted by Crippen LogP contribution is -2.42. The quantitative estimate of drug-likeness (QED) is 0.600. The van der Waals surface area contributed by atoms with Crippen molar-refractivity contribution >= 4 is 22.2 Å². The molecule has 0 amide bonds. The Kier molecular flexibility index (Phi) is 5.07. The smallest absolute Gasteiger partial charge is 0.298 e. The summed E-state index contributed by atoms with van der Waals surface area (Å²) in [4.78, 5) is 35.0. The Balaban J connectivity index is 3.65. The van der Waals surface area contributed by atoms with Gasteiger partial charge in [0.2, 0.25) is 0 Å². The first-order chi connectivity index (χ1) is 8.43. The molecule has 0 unspecified atom stereocenters. The molecule has 0 bridgehead atoms. The van der Waals surface area contributed by atoms with E-state index in [-0.39, 0.29) is 17.2 Å². The summed E-state index contributed by atoms with van der Waals surface area (Å²) in [6.07, 6.45) is 1.02. The number of aldehydes is 1. The van der Waals surface area contributed by atoms with Gasteiger partial charge in [0.25, 0.3) is 5.56 Å². The maximum absolute atomic E-state index is 12.1. The second-order valence-electron chi connectivity index (χ2n) is 4.57. The molecule has 1 aromatic heterocycles. The van der Waals surface area contributed by atoms with Crippen molar-refractivity contribution in [2.75, 3.05) is 5.33 Å². The molecule has 1 rings (SSSR count). The Morgan fingerprint density at radius 2 is 1.94 bits per heavy atom. The van der Waals surface area contributed by atoms with Crippen molar-refractivity contribution in [2.45, 2.75) is 26.8 Å². The second kappa shape index (κ2) is 6.13. The molecule has 6 heteroatoms. The standard InChI is InChI=1S/C12H17BrN2O3/c1-8(2)6-15-10(4-5-13)9(7-16)11(17)14(3)12(15)18/h7-8H,4-6H2,1-3H3. The number of aromatic nitrogens is 2. The lowest BCUT2D eigenvalue weighted by Gasteiger charge is -2.17. The summed E-state index contributed by atoms with van der Waals surface area (Å²) in [7, 11) is 1.40. The first kappa shape index (κ1) is 14.9. The first-order valence-corrected chi connectivity index (χ1v) is 6.90. The summed E-state index contributed by atoms with van der Waals surface area (Å²) in [5.74, 6) is 0.258. The molecule has 0 spiro atoms. The van der Waals surface area contributed by atoms with Gasteiger partial charge in [-0.05, 0) is 12.3 Å². The van der Waals surface area contributed by atoms with Crippen LogP contribution in [0.5, 0.6) is 0 Å². The summed E-state index contributed by atoms with van der Waals surface area (Å²) >= 11 is 3.28. The highest BCUT2D eigenvalue weighted by Crippen LogP contribution is 2.06. The highest BCUT2D eigenvalue weighted by molar-refractivity contribution is 9.09. The van der Waals surface area contributed by atoms with Crippen molar-refractivity contribution in [3.05, 3.63) is 32.1 Å². The van der Waals surface area contributed by atoms with Gasteiger partial charge in [0.05, 0.1) is 5.56 Å². The number of halogens is 1. The van der Waals surface area contributed by atoms with Crippen LogP contribution in [0.3, 0.4) is 0 Å². The monoisotopic (exact) mass is 316 g/mol. The molecule has 0 aromatic carbocycles. The molecule has 5 nitrogen and oxygen atoms in total. The molecule has 0 saturated carbocycles. The lowest BCUT2D eigenvalue weighted by molar-refractivity contribution is 0.111. The number of alkyl halides is 1. The van der Waals surface area contributed by atoms with Crippen molar-refractivity contribution < 1.29 is 4.79 Å². The highest BCUT2D eigenvalue weighted by atomic mass is 79.9. The van der Waals surface area contributed by atoms with E-state index in [1.807, 2.05) is 13.8 Å². The average Bonchev–Trinajstić information content (AvgIpc) is 2.32. The van der Waals surface area contributed by atoms with Gasteiger partial charge >= 0.3 is 5.69 Å². The van der Waals surface area contributed by atoms with E-state index in [1.165, 1.54) is 11.6 Å². The predicted molar refractivity (Wildman–Crippen MR) is 73.7 cm³/mol. The largest absolute Gasteiger partial charge is 0.330 e. The predicted octanol–water partition coefficient (Wildman–Crippen LogP) is 0.953. The van der Waals surface area contributed by atoms with Gasteiger partial charge in [-0.15, -0.1) is 0 Å². The van der Waals surface area contributed by atoms with Gasteiger partial charge in [-0.25, -0.2) is 4.79 Å². The van der Waals surface area contributed by atoms with E-state index in [1.54, 1.807) is 0 Å². The van der Waals surface area contributed by atoms with E-state index in [0.717, 1.165) is 4.57 Å². The Morgan fingerprint density at radius 1 is 1.33 bits per heavy atom. The van der Waals surface area contributed by atoms with E-state index in [2.05, 4.69) is 15.9 Å². The number of hydrogen-bond donors (Lipinski definition) is 0. The number of carbonyl (C=O) groups excluding carboxylic acids is 1. The van der Waals surface area contributed by atoms with Crippen molar-refractivity contribution in [1.82, 2.24) is 9.13 Å². The van der Waals surface area contributed by atoms with E-state index in [9.17, 15) is 14.4 Å². The minimum atomic E-state index is -0.522. The zero-order valence-corrected chi connectivity index (χ0v) is 12.4. The van der Waals surface area contributed by atoms with Crippen LogP contribution < -0.4 is 11.2 Å². The molecule has 0 aliphatic heterocycles. The van der Waals surface area contributed by atoms with Crippen LogP contribution >= 0.6 is 15.9 Å². The maximum atomic E-state index is 12.1. The topological polar surface area (TPSA) is 61.1 Å². The highest BCUT2D eigenvalue weighted by Gasteiger charge is 2.16. The molecule has 1 heterocycles. The number of nitrogens with zero attached hydrogens (tertiary/aromatic N) is 2. The lowest BCUT2D eigenvalue weighted by atomic mass is 10.1. The van der Waals surface area contributed by atoms with Gasteiger partial charge in [0.1, 0.15) is 0 Å². The summed E-state index contributed by atoms with van der Waals surface area (Å²) in [6.45, 7) is 4.46. The molecule has 0 radical (unpaired) electrons.